The summed E-state index contributed by atoms with van der Waals surface area (Å²) in [6.07, 6.45) is 3.11. The van der Waals surface area contributed by atoms with Gasteiger partial charge in [0, 0.05) is 18.1 Å². The van der Waals surface area contributed by atoms with Crippen molar-refractivity contribution < 1.29 is 28.7 Å². The summed E-state index contributed by atoms with van der Waals surface area (Å²) in [5, 5.41) is 11.4. The summed E-state index contributed by atoms with van der Waals surface area (Å²) in [7, 11) is 4.13. The fourth-order valence-corrected chi connectivity index (χ4v) is 2.56. The van der Waals surface area contributed by atoms with Crippen LogP contribution in [0, 0.1) is 16.0 Å². The summed E-state index contributed by atoms with van der Waals surface area (Å²) in [4.78, 5) is 22.1. The highest BCUT2D eigenvalue weighted by Gasteiger charge is 2.29. The van der Waals surface area contributed by atoms with Gasteiger partial charge in [0.15, 0.2) is 0 Å². The Morgan fingerprint density at radius 3 is 2.46 bits per heavy atom. The van der Waals surface area contributed by atoms with Gasteiger partial charge in [0.2, 0.25) is 5.75 Å². The quantitative estimate of drug-likeness (QED) is 0.270. The average molecular weight is 367 g/mol. The van der Waals surface area contributed by atoms with Gasteiger partial charge in [-0.25, -0.2) is 0 Å². The van der Waals surface area contributed by atoms with Crippen molar-refractivity contribution in [1.29, 1.82) is 0 Å². The summed E-state index contributed by atoms with van der Waals surface area (Å²) < 4.78 is 20.9. The molecule has 0 bridgehead atoms. The van der Waals surface area contributed by atoms with Gasteiger partial charge < -0.3 is 18.9 Å². The molecule has 0 radical (unpaired) electrons. The second-order valence-corrected chi connectivity index (χ2v) is 5.47. The molecule has 26 heavy (non-hydrogen) atoms. The summed E-state index contributed by atoms with van der Waals surface area (Å²) in [5.74, 6) is -0.0679. The Labute approximate surface area is 152 Å². The third-order valence-corrected chi connectivity index (χ3v) is 3.79. The van der Waals surface area contributed by atoms with E-state index in [9.17, 15) is 14.9 Å². The van der Waals surface area contributed by atoms with E-state index in [0.29, 0.717) is 17.9 Å². The van der Waals surface area contributed by atoms with Crippen LogP contribution in [0.2, 0.25) is 0 Å². The maximum absolute atomic E-state index is 11.4. The van der Waals surface area contributed by atoms with Gasteiger partial charge >= 0.3 is 11.7 Å². The van der Waals surface area contributed by atoms with Crippen LogP contribution in [-0.4, -0.2) is 38.8 Å². The molecule has 0 N–H and O–H groups in total. The highest BCUT2D eigenvalue weighted by atomic mass is 16.6. The number of hydrogen-bond acceptors (Lipinski definition) is 7. The smallest absolute Gasteiger partial charge is 0.315 e. The fourth-order valence-electron chi connectivity index (χ4n) is 2.56. The highest BCUT2D eigenvalue weighted by Crippen LogP contribution is 2.42. The monoisotopic (exact) mass is 367 g/mol. The largest absolute Gasteiger partial charge is 0.496 e. The van der Waals surface area contributed by atoms with E-state index in [0.717, 1.165) is 0 Å². The zero-order valence-electron chi connectivity index (χ0n) is 15.7. The van der Waals surface area contributed by atoms with Crippen LogP contribution in [0.15, 0.2) is 24.3 Å². The summed E-state index contributed by atoms with van der Waals surface area (Å²) in [6, 6.07) is 2.97. The SMILES string of the molecule is CCO[C@H](c1cc(OC)cc([N+](=O)[O-])c1OC)[C@H](C)/C=C\CC(=O)OC. The van der Waals surface area contributed by atoms with Crippen LogP contribution in [-0.2, 0) is 14.3 Å². The Kier molecular flexibility index (Phi) is 8.57. The number of carbonyl (C=O) groups excluding carboxylic acids is 1. The van der Waals surface area contributed by atoms with Crippen molar-refractivity contribution in [2.45, 2.75) is 26.4 Å². The van der Waals surface area contributed by atoms with E-state index in [1.54, 1.807) is 12.1 Å². The fraction of sp³-hybridized carbons (Fsp3) is 0.500. The highest BCUT2D eigenvalue weighted by molar-refractivity contribution is 5.70. The molecule has 0 saturated carbocycles. The lowest BCUT2D eigenvalue weighted by atomic mass is 9.94. The van der Waals surface area contributed by atoms with E-state index in [2.05, 4.69) is 4.74 Å². The first-order chi connectivity index (χ1) is 12.4. The van der Waals surface area contributed by atoms with Crippen molar-refractivity contribution in [3.05, 3.63) is 40.0 Å². The number of hydrogen-bond donors (Lipinski definition) is 0. The van der Waals surface area contributed by atoms with Crippen LogP contribution in [0.3, 0.4) is 0 Å². The predicted octanol–water partition coefficient (Wildman–Crippen LogP) is 3.45. The molecular formula is C18H25NO7. The maximum atomic E-state index is 11.4. The maximum Gasteiger partial charge on any atom is 0.315 e. The average Bonchev–Trinajstić information content (AvgIpc) is 2.64. The van der Waals surface area contributed by atoms with Gasteiger partial charge in [-0.15, -0.1) is 0 Å². The Bertz CT molecular complexity index is 657. The van der Waals surface area contributed by atoms with Crippen LogP contribution in [0.1, 0.15) is 31.9 Å². The number of carbonyl (C=O) groups is 1. The first kappa shape index (κ1) is 21.4. The van der Waals surface area contributed by atoms with Crippen LogP contribution < -0.4 is 9.47 Å². The third-order valence-electron chi connectivity index (χ3n) is 3.79. The summed E-state index contributed by atoms with van der Waals surface area (Å²) in [6.45, 7) is 4.12. The number of nitro groups is 1. The second kappa shape index (κ2) is 10.4. The number of esters is 1. The first-order valence-corrected chi connectivity index (χ1v) is 8.14. The number of methoxy groups -OCH3 is 3. The van der Waals surface area contributed by atoms with E-state index in [4.69, 9.17) is 14.2 Å². The summed E-state index contributed by atoms with van der Waals surface area (Å²) >= 11 is 0. The number of rotatable bonds is 10. The molecule has 1 rings (SSSR count). The molecule has 0 aliphatic rings. The standard InChI is InChI=1S/C18H25NO7/c1-6-26-17(12(2)8-7-9-16(20)24-4)14-10-13(23-3)11-15(19(21)22)18(14)25-5/h7-8,10-12,17H,6,9H2,1-5H3/b8-7-/t12-,17+/m1/s1. The number of benzene rings is 1. The van der Waals surface area contributed by atoms with Gasteiger partial charge in [0.05, 0.1) is 44.8 Å². The minimum atomic E-state index is -0.522. The van der Waals surface area contributed by atoms with Gasteiger partial charge in [-0.1, -0.05) is 19.1 Å². The number of nitro benzene ring substituents is 1. The lowest BCUT2D eigenvalue weighted by molar-refractivity contribution is -0.385. The van der Waals surface area contributed by atoms with E-state index in [1.807, 2.05) is 19.9 Å². The molecule has 0 aromatic heterocycles. The molecule has 0 fully saturated rings. The van der Waals surface area contributed by atoms with Gasteiger partial charge in [-0.2, -0.15) is 0 Å². The molecular weight excluding hydrogens is 342 g/mol. The molecule has 0 aliphatic heterocycles. The normalized spacial score (nSPS) is 13.3. The van der Waals surface area contributed by atoms with Crippen molar-refractivity contribution in [2.75, 3.05) is 27.9 Å². The van der Waals surface area contributed by atoms with Crippen molar-refractivity contribution >= 4 is 11.7 Å². The molecule has 2 atom stereocenters. The molecule has 0 heterocycles. The van der Waals surface area contributed by atoms with E-state index in [1.165, 1.54) is 27.4 Å². The van der Waals surface area contributed by atoms with Crippen LogP contribution in [0.4, 0.5) is 5.69 Å². The lowest BCUT2D eigenvalue weighted by Gasteiger charge is -2.24. The first-order valence-electron chi connectivity index (χ1n) is 8.14. The zero-order chi connectivity index (χ0) is 19.7. The molecule has 8 nitrogen and oxygen atoms in total. The van der Waals surface area contributed by atoms with Gasteiger partial charge in [0.25, 0.3) is 0 Å². The second-order valence-electron chi connectivity index (χ2n) is 5.47. The molecule has 0 aliphatic carbocycles. The zero-order valence-corrected chi connectivity index (χ0v) is 15.7. The minimum Gasteiger partial charge on any atom is -0.496 e. The van der Waals surface area contributed by atoms with Crippen LogP contribution >= 0.6 is 0 Å². The Balaban J connectivity index is 3.32. The van der Waals surface area contributed by atoms with Gasteiger partial charge in [0.1, 0.15) is 5.75 Å². The molecule has 0 unspecified atom stereocenters. The molecule has 0 saturated heterocycles. The van der Waals surface area contributed by atoms with Crippen molar-refractivity contribution in [3.8, 4) is 11.5 Å². The van der Waals surface area contributed by atoms with Gasteiger partial charge in [-0.05, 0) is 13.0 Å². The molecule has 8 heteroatoms. The van der Waals surface area contributed by atoms with Crippen molar-refractivity contribution in [2.24, 2.45) is 5.92 Å². The number of ether oxygens (including phenoxy) is 4. The number of nitrogens with zero attached hydrogens (tertiary/aromatic N) is 1. The molecule has 1 aromatic rings. The van der Waals surface area contributed by atoms with E-state index in [-0.39, 0.29) is 29.7 Å². The topological polar surface area (TPSA) is 97.1 Å². The third kappa shape index (κ3) is 5.45. The molecule has 0 amide bonds. The van der Waals surface area contributed by atoms with Crippen LogP contribution in [0.25, 0.3) is 0 Å². The summed E-state index contributed by atoms with van der Waals surface area (Å²) in [5.41, 5.74) is 0.313. The van der Waals surface area contributed by atoms with E-state index >= 15 is 0 Å². The Hall–Kier alpha value is -2.61. The van der Waals surface area contributed by atoms with Crippen molar-refractivity contribution in [3.63, 3.8) is 0 Å². The predicted molar refractivity (Wildman–Crippen MR) is 95.5 cm³/mol. The van der Waals surface area contributed by atoms with E-state index < -0.39 is 11.0 Å². The molecule has 0 spiro atoms. The lowest BCUT2D eigenvalue weighted by Crippen LogP contribution is -2.14. The van der Waals surface area contributed by atoms with Crippen molar-refractivity contribution in [1.82, 2.24) is 0 Å². The molecule has 1 aromatic carbocycles. The Morgan fingerprint density at radius 2 is 1.96 bits per heavy atom. The van der Waals surface area contributed by atoms with Crippen LogP contribution in [0.5, 0.6) is 11.5 Å². The Morgan fingerprint density at radius 1 is 1.27 bits per heavy atom. The van der Waals surface area contributed by atoms with Gasteiger partial charge in [-0.3, -0.25) is 14.9 Å². The molecule has 144 valence electrons. The minimum absolute atomic E-state index is 0.127.